The van der Waals surface area contributed by atoms with Crippen LogP contribution in [-0.2, 0) is 6.42 Å². The molecule has 0 aliphatic heterocycles. The monoisotopic (exact) mass is 306 g/mol. The van der Waals surface area contributed by atoms with Gasteiger partial charge < -0.3 is 9.67 Å². The Kier molecular flexibility index (Phi) is 3.47. The van der Waals surface area contributed by atoms with Gasteiger partial charge in [-0.05, 0) is 38.3 Å². The fourth-order valence-electron chi connectivity index (χ4n) is 3.00. The first-order chi connectivity index (χ1) is 9.99. The van der Waals surface area contributed by atoms with Gasteiger partial charge in [0.15, 0.2) is 0 Å². The van der Waals surface area contributed by atoms with Crippen LogP contribution in [0.25, 0.3) is 5.69 Å². The van der Waals surface area contributed by atoms with E-state index in [0.717, 1.165) is 36.2 Å². The molecule has 1 aliphatic rings. The van der Waals surface area contributed by atoms with E-state index in [2.05, 4.69) is 0 Å². The van der Waals surface area contributed by atoms with Crippen molar-refractivity contribution < 1.29 is 10.0 Å². The van der Waals surface area contributed by atoms with E-state index in [1.165, 1.54) is 12.1 Å². The molecule has 1 unspecified atom stereocenters. The number of hydrogen-bond acceptors (Lipinski definition) is 3. The normalized spacial score (nSPS) is 17.6. The van der Waals surface area contributed by atoms with Crippen molar-refractivity contribution in [2.24, 2.45) is 0 Å². The standard InChI is InChI=1S/C15H15ClN2O3/c1-9-7-11-13(3-2-4-15(11)19)17(9)14-8-10(18(20)21)5-6-12(14)16/h5-8,15,19H,2-4H2,1H3. The SMILES string of the molecule is Cc1cc2c(n1-c1cc([N+](=O)[O-])ccc1Cl)CCCC2O. The van der Waals surface area contributed by atoms with Crippen LogP contribution < -0.4 is 0 Å². The minimum Gasteiger partial charge on any atom is -0.388 e. The molecule has 0 saturated heterocycles. The van der Waals surface area contributed by atoms with E-state index in [9.17, 15) is 15.2 Å². The number of aliphatic hydroxyl groups excluding tert-OH is 1. The third kappa shape index (κ3) is 2.32. The molecule has 2 aromatic rings. The summed E-state index contributed by atoms with van der Waals surface area (Å²) < 4.78 is 1.92. The molecule has 5 nitrogen and oxygen atoms in total. The smallest absolute Gasteiger partial charge is 0.271 e. The van der Waals surface area contributed by atoms with E-state index in [1.54, 1.807) is 6.07 Å². The van der Waals surface area contributed by atoms with Crippen LogP contribution in [0.5, 0.6) is 0 Å². The maximum Gasteiger partial charge on any atom is 0.271 e. The fourth-order valence-corrected chi connectivity index (χ4v) is 3.20. The number of halogens is 1. The Hall–Kier alpha value is -1.85. The number of non-ortho nitro benzene ring substituents is 1. The van der Waals surface area contributed by atoms with Gasteiger partial charge >= 0.3 is 0 Å². The number of nitro benzene ring substituents is 1. The van der Waals surface area contributed by atoms with Gasteiger partial charge in [-0.1, -0.05) is 11.6 Å². The van der Waals surface area contributed by atoms with Crippen LogP contribution >= 0.6 is 11.6 Å². The molecule has 1 aromatic carbocycles. The van der Waals surface area contributed by atoms with Crippen molar-refractivity contribution in [2.75, 3.05) is 0 Å². The molecule has 21 heavy (non-hydrogen) atoms. The summed E-state index contributed by atoms with van der Waals surface area (Å²) in [7, 11) is 0. The second kappa shape index (κ2) is 5.16. The molecule has 0 spiro atoms. The second-order valence-electron chi connectivity index (χ2n) is 5.32. The Morgan fingerprint density at radius 3 is 2.90 bits per heavy atom. The summed E-state index contributed by atoms with van der Waals surface area (Å²) in [5.74, 6) is 0. The average molecular weight is 307 g/mol. The summed E-state index contributed by atoms with van der Waals surface area (Å²) in [6, 6.07) is 6.36. The lowest BCUT2D eigenvalue weighted by molar-refractivity contribution is -0.384. The Labute approximate surface area is 126 Å². The van der Waals surface area contributed by atoms with Gasteiger partial charge in [-0.2, -0.15) is 0 Å². The van der Waals surface area contributed by atoms with Crippen LogP contribution in [0.4, 0.5) is 5.69 Å². The number of aryl methyl sites for hydroxylation is 1. The molecule has 0 saturated carbocycles. The zero-order valence-corrected chi connectivity index (χ0v) is 12.3. The number of aliphatic hydroxyl groups is 1. The van der Waals surface area contributed by atoms with Crippen molar-refractivity contribution in [3.63, 3.8) is 0 Å². The van der Waals surface area contributed by atoms with Crippen molar-refractivity contribution in [3.05, 3.63) is 56.4 Å². The van der Waals surface area contributed by atoms with Crippen molar-refractivity contribution in [1.82, 2.24) is 4.57 Å². The van der Waals surface area contributed by atoms with Crippen molar-refractivity contribution in [2.45, 2.75) is 32.3 Å². The molecule has 0 amide bonds. The summed E-state index contributed by atoms with van der Waals surface area (Å²) in [6.45, 7) is 1.92. The molecule has 0 bridgehead atoms. The summed E-state index contributed by atoms with van der Waals surface area (Å²) in [5, 5.41) is 21.5. The topological polar surface area (TPSA) is 68.3 Å². The summed E-state index contributed by atoms with van der Waals surface area (Å²) in [6.07, 6.45) is 2.01. The first-order valence-electron chi connectivity index (χ1n) is 6.82. The molecule has 1 N–H and O–H groups in total. The van der Waals surface area contributed by atoms with Crippen LogP contribution in [0.3, 0.4) is 0 Å². The Morgan fingerprint density at radius 2 is 2.19 bits per heavy atom. The van der Waals surface area contributed by atoms with E-state index in [4.69, 9.17) is 11.6 Å². The predicted molar refractivity (Wildman–Crippen MR) is 80.1 cm³/mol. The van der Waals surface area contributed by atoms with E-state index in [0.29, 0.717) is 10.7 Å². The number of fused-ring (bicyclic) bond motifs is 1. The predicted octanol–water partition coefficient (Wildman–Crippen LogP) is 3.72. The minimum atomic E-state index is -0.467. The highest BCUT2D eigenvalue weighted by Gasteiger charge is 2.25. The van der Waals surface area contributed by atoms with Crippen LogP contribution in [-0.4, -0.2) is 14.6 Å². The zero-order chi connectivity index (χ0) is 15.1. The number of nitro groups is 1. The van der Waals surface area contributed by atoms with Crippen molar-refractivity contribution >= 4 is 17.3 Å². The van der Waals surface area contributed by atoms with Gasteiger partial charge in [0, 0.05) is 29.1 Å². The third-order valence-electron chi connectivity index (χ3n) is 3.95. The molecule has 0 fully saturated rings. The molecule has 1 heterocycles. The average Bonchev–Trinajstić information content (AvgIpc) is 2.77. The molecule has 1 atom stereocenters. The largest absolute Gasteiger partial charge is 0.388 e. The first-order valence-corrected chi connectivity index (χ1v) is 7.20. The quantitative estimate of drug-likeness (QED) is 0.679. The molecule has 6 heteroatoms. The molecule has 0 radical (unpaired) electrons. The highest BCUT2D eigenvalue weighted by molar-refractivity contribution is 6.32. The molecule has 1 aliphatic carbocycles. The van der Waals surface area contributed by atoms with Gasteiger partial charge in [0.2, 0.25) is 0 Å². The summed E-state index contributed by atoms with van der Waals surface area (Å²) >= 11 is 6.24. The number of benzene rings is 1. The van der Waals surface area contributed by atoms with Gasteiger partial charge in [0.25, 0.3) is 5.69 Å². The maximum atomic E-state index is 11.0. The lowest BCUT2D eigenvalue weighted by Crippen LogP contribution is -2.12. The number of hydrogen-bond donors (Lipinski definition) is 1. The summed E-state index contributed by atoms with van der Waals surface area (Å²) in [5.41, 5.74) is 3.42. The highest BCUT2D eigenvalue weighted by atomic mass is 35.5. The van der Waals surface area contributed by atoms with Crippen molar-refractivity contribution in [3.8, 4) is 5.69 Å². The molecule has 3 rings (SSSR count). The third-order valence-corrected chi connectivity index (χ3v) is 4.27. The second-order valence-corrected chi connectivity index (χ2v) is 5.73. The van der Waals surface area contributed by atoms with Crippen molar-refractivity contribution in [1.29, 1.82) is 0 Å². The number of nitrogens with zero attached hydrogens (tertiary/aromatic N) is 2. The van der Waals surface area contributed by atoms with Crippen LogP contribution in [0.15, 0.2) is 24.3 Å². The molecule has 110 valence electrons. The van der Waals surface area contributed by atoms with Gasteiger partial charge in [0.1, 0.15) is 0 Å². The van der Waals surface area contributed by atoms with Crippen LogP contribution in [0.1, 0.15) is 35.9 Å². The first kappa shape index (κ1) is 14.1. The molecular weight excluding hydrogens is 292 g/mol. The molecular formula is C15H15ClN2O3. The highest BCUT2D eigenvalue weighted by Crippen LogP contribution is 2.36. The van der Waals surface area contributed by atoms with Crippen LogP contribution in [0.2, 0.25) is 5.02 Å². The lowest BCUT2D eigenvalue weighted by Gasteiger charge is -2.21. The molecule has 1 aromatic heterocycles. The lowest BCUT2D eigenvalue weighted by atomic mass is 9.95. The van der Waals surface area contributed by atoms with Gasteiger partial charge in [-0.3, -0.25) is 10.1 Å². The maximum absolute atomic E-state index is 11.0. The fraction of sp³-hybridized carbons (Fsp3) is 0.333. The number of rotatable bonds is 2. The van der Waals surface area contributed by atoms with E-state index < -0.39 is 11.0 Å². The number of aromatic nitrogens is 1. The van der Waals surface area contributed by atoms with E-state index in [1.807, 2.05) is 17.6 Å². The Bertz CT molecular complexity index is 724. The van der Waals surface area contributed by atoms with Gasteiger partial charge in [-0.15, -0.1) is 0 Å². The van der Waals surface area contributed by atoms with Gasteiger partial charge in [0.05, 0.1) is 21.7 Å². The van der Waals surface area contributed by atoms with Gasteiger partial charge in [-0.25, -0.2) is 0 Å². The minimum absolute atomic E-state index is 0.00704. The summed E-state index contributed by atoms with van der Waals surface area (Å²) in [4.78, 5) is 10.5. The Morgan fingerprint density at radius 1 is 1.43 bits per heavy atom. The zero-order valence-electron chi connectivity index (χ0n) is 11.5. The van der Waals surface area contributed by atoms with E-state index in [-0.39, 0.29) is 5.69 Å². The van der Waals surface area contributed by atoms with Crippen LogP contribution in [0, 0.1) is 17.0 Å². The Balaban J connectivity index is 2.21. The van der Waals surface area contributed by atoms with E-state index >= 15 is 0 Å².